The number of aromatic nitrogens is 2. The molecule has 0 amide bonds. The minimum atomic E-state index is 0.574. The molecule has 0 aliphatic carbocycles. The molecule has 0 spiro atoms. The maximum absolute atomic E-state index is 5.31. The molecule has 5 heteroatoms. The fourth-order valence-corrected chi connectivity index (χ4v) is 3.19. The van der Waals surface area contributed by atoms with Gasteiger partial charge in [0, 0.05) is 32.8 Å². The maximum atomic E-state index is 5.31. The third-order valence-electron chi connectivity index (χ3n) is 4.17. The van der Waals surface area contributed by atoms with Crippen molar-refractivity contribution in [3.63, 3.8) is 0 Å². The van der Waals surface area contributed by atoms with Crippen molar-refractivity contribution < 1.29 is 4.74 Å². The highest BCUT2D eigenvalue weighted by Crippen LogP contribution is 2.20. The van der Waals surface area contributed by atoms with Gasteiger partial charge < -0.3 is 10.1 Å². The van der Waals surface area contributed by atoms with Crippen LogP contribution in [0.15, 0.2) is 6.07 Å². The lowest BCUT2D eigenvalue weighted by molar-refractivity contribution is 0.111. The third-order valence-corrected chi connectivity index (χ3v) is 4.17. The number of fused-ring (bicyclic) bond motifs is 1. The molecule has 2 aliphatic heterocycles. The first-order chi connectivity index (χ1) is 9.36. The van der Waals surface area contributed by atoms with Crippen LogP contribution < -0.4 is 5.32 Å². The number of aryl methyl sites for hydroxylation is 1. The molecule has 1 atom stereocenters. The molecule has 1 fully saturated rings. The monoisotopic (exact) mass is 264 g/mol. The summed E-state index contributed by atoms with van der Waals surface area (Å²) in [5, 5.41) is 8.21. The summed E-state index contributed by atoms with van der Waals surface area (Å²) in [5.74, 6) is 0. The van der Waals surface area contributed by atoms with Gasteiger partial charge in [0.05, 0.1) is 18.0 Å². The summed E-state index contributed by atoms with van der Waals surface area (Å²) in [6.07, 6.45) is 3.70. The first kappa shape index (κ1) is 13.1. The van der Waals surface area contributed by atoms with Gasteiger partial charge in [-0.05, 0) is 38.4 Å². The highest BCUT2D eigenvalue weighted by Gasteiger charge is 2.25. The van der Waals surface area contributed by atoms with Crippen LogP contribution in [0, 0.1) is 0 Å². The molecule has 0 unspecified atom stereocenters. The molecule has 1 N–H and O–H groups in total. The summed E-state index contributed by atoms with van der Waals surface area (Å²) in [5.41, 5.74) is 2.54. The number of ether oxygens (including phenoxy) is 1. The highest BCUT2D eigenvalue weighted by atomic mass is 16.5. The number of nitrogens with zero attached hydrogens (tertiary/aromatic N) is 3. The van der Waals surface area contributed by atoms with Gasteiger partial charge in [-0.3, -0.25) is 9.58 Å². The van der Waals surface area contributed by atoms with Gasteiger partial charge in [0.1, 0.15) is 0 Å². The van der Waals surface area contributed by atoms with E-state index in [2.05, 4.69) is 21.0 Å². The van der Waals surface area contributed by atoms with Gasteiger partial charge >= 0.3 is 0 Å². The van der Waals surface area contributed by atoms with Crippen LogP contribution in [-0.2, 0) is 24.4 Å². The fourth-order valence-electron chi connectivity index (χ4n) is 3.19. The first-order valence-corrected chi connectivity index (χ1v) is 7.36. The van der Waals surface area contributed by atoms with Crippen LogP contribution >= 0.6 is 0 Å². The van der Waals surface area contributed by atoms with Crippen molar-refractivity contribution in [2.45, 2.75) is 44.9 Å². The zero-order valence-electron chi connectivity index (χ0n) is 11.8. The Balaban J connectivity index is 1.66. The van der Waals surface area contributed by atoms with Crippen LogP contribution in [0.3, 0.4) is 0 Å². The number of hydrogen-bond donors (Lipinski definition) is 1. The molecule has 1 aromatic rings. The topological polar surface area (TPSA) is 42.3 Å². The van der Waals surface area contributed by atoms with E-state index in [4.69, 9.17) is 9.84 Å². The molecular formula is C14H24N4O. The van der Waals surface area contributed by atoms with E-state index in [1.165, 1.54) is 37.2 Å². The molecule has 19 heavy (non-hydrogen) atoms. The molecule has 1 aromatic heterocycles. The van der Waals surface area contributed by atoms with Crippen molar-refractivity contribution >= 4 is 0 Å². The molecule has 3 rings (SSSR count). The minimum absolute atomic E-state index is 0.574. The maximum Gasteiger partial charge on any atom is 0.0768 e. The molecule has 0 radical (unpaired) electrons. The smallest absolute Gasteiger partial charge is 0.0768 e. The van der Waals surface area contributed by atoms with E-state index in [9.17, 15) is 0 Å². The molecular weight excluding hydrogens is 240 g/mol. The zero-order valence-corrected chi connectivity index (χ0v) is 11.8. The van der Waals surface area contributed by atoms with Crippen molar-refractivity contribution in [1.29, 1.82) is 0 Å². The van der Waals surface area contributed by atoms with Crippen molar-refractivity contribution in [2.75, 3.05) is 26.8 Å². The van der Waals surface area contributed by atoms with Gasteiger partial charge in [-0.25, -0.2) is 0 Å². The summed E-state index contributed by atoms with van der Waals surface area (Å²) in [4.78, 5) is 2.51. The Morgan fingerprint density at radius 1 is 1.42 bits per heavy atom. The van der Waals surface area contributed by atoms with E-state index in [1.807, 2.05) is 0 Å². The normalized spacial score (nSPS) is 24.4. The molecule has 0 bridgehead atoms. The Morgan fingerprint density at radius 2 is 2.37 bits per heavy atom. The lowest BCUT2D eigenvalue weighted by Crippen LogP contribution is -2.32. The number of rotatable bonds is 4. The van der Waals surface area contributed by atoms with E-state index in [1.54, 1.807) is 7.11 Å². The van der Waals surface area contributed by atoms with E-state index in [0.29, 0.717) is 6.04 Å². The van der Waals surface area contributed by atoms with Crippen molar-refractivity contribution in [2.24, 2.45) is 0 Å². The van der Waals surface area contributed by atoms with Gasteiger partial charge in [0.2, 0.25) is 0 Å². The third kappa shape index (κ3) is 2.99. The second-order valence-electron chi connectivity index (χ2n) is 5.60. The first-order valence-electron chi connectivity index (χ1n) is 7.36. The predicted molar refractivity (Wildman–Crippen MR) is 73.9 cm³/mol. The lowest BCUT2D eigenvalue weighted by Gasteiger charge is -2.22. The standard InChI is InChI=1S/C14H24N4O/c1-19-11-13-4-2-6-17(13)10-12-8-14-9-15-5-3-7-18(14)16-12/h8,13,15H,2-7,9-11H2,1H3/t13-/m0/s1. The van der Waals surface area contributed by atoms with Crippen molar-refractivity contribution in [3.8, 4) is 0 Å². The highest BCUT2D eigenvalue weighted by molar-refractivity contribution is 5.11. The van der Waals surface area contributed by atoms with E-state index in [0.717, 1.165) is 32.8 Å². The average molecular weight is 264 g/mol. The van der Waals surface area contributed by atoms with Gasteiger partial charge in [-0.2, -0.15) is 5.10 Å². The Kier molecular flexibility index (Phi) is 4.15. The summed E-state index contributed by atoms with van der Waals surface area (Å²) >= 11 is 0. The number of methoxy groups -OCH3 is 1. The largest absolute Gasteiger partial charge is 0.383 e. The van der Waals surface area contributed by atoms with Gasteiger partial charge in [-0.1, -0.05) is 0 Å². The molecule has 0 saturated carbocycles. The number of hydrogen-bond acceptors (Lipinski definition) is 4. The SMILES string of the molecule is COC[C@@H]1CCCN1Cc1cc2n(n1)CCCNC2. The van der Waals surface area contributed by atoms with Crippen LogP contribution in [0.1, 0.15) is 30.7 Å². The second kappa shape index (κ2) is 6.03. The Hall–Kier alpha value is -0.910. The molecule has 2 aliphatic rings. The van der Waals surface area contributed by atoms with Gasteiger partial charge in [0.25, 0.3) is 0 Å². The predicted octanol–water partition coefficient (Wildman–Crippen LogP) is 0.987. The van der Waals surface area contributed by atoms with Crippen LogP contribution in [0.2, 0.25) is 0 Å². The van der Waals surface area contributed by atoms with Crippen LogP contribution in [0.4, 0.5) is 0 Å². The second-order valence-corrected chi connectivity index (χ2v) is 5.60. The molecule has 3 heterocycles. The Labute approximate surface area is 114 Å². The quantitative estimate of drug-likeness (QED) is 0.880. The van der Waals surface area contributed by atoms with Crippen LogP contribution in [0.5, 0.6) is 0 Å². The van der Waals surface area contributed by atoms with Crippen LogP contribution in [-0.4, -0.2) is 47.5 Å². The fraction of sp³-hybridized carbons (Fsp3) is 0.786. The van der Waals surface area contributed by atoms with Crippen molar-refractivity contribution in [3.05, 3.63) is 17.5 Å². The molecule has 0 aromatic carbocycles. The van der Waals surface area contributed by atoms with E-state index >= 15 is 0 Å². The Morgan fingerprint density at radius 3 is 3.26 bits per heavy atom. The van der Waals surface area contributed by atoms with Crippen LogP contribution in [0.25, 0.3) is 0 Å². The van der Waals surface area contributed by atoms with Crippen molar-refractivity contribution in [1.82, 2.24) is 20.0 Å². The zero-order chi connectivity index (χ0) is 13.1. The molecule has 1 saturated heterocycles. The number of nitrogens with one attached hydrogen (secondary N) is 1. The summed E-state index contributed by atoms with van der Waals surface area (Å²) < 4.78 is 7.49. The molecule has 106 valence electrons. The van der Waals surface area contributed by atoms with Gasteiger partial charge in [-0.15, -0.1) is 0 Å². The van der Waals surface area contributed by atoms with E-state index in [-0.39, 0.29) is 0 Å². The molecule has 5 nitrogen and oxygen atoms in total. The summed E-state index contributed by atoms with van der Waals surface area (Å²) in [7, 11) is 1.79. The minimum Gasteiger partial charge on any atom is -0.383 e. The van der Waals surface area contributed by atoms with Gasteiger partial charge in [0.15, 0.2) is 0 Å². The number of likely N-dealkylation sites (tertiary alicyclic amines) is 1. The average Bonchev–Trinajstić information content (AvgIpc) is 2.93. The Bertz CT molecular complexity index is 394. The van der Waals surface area contributed by atoms with E-state index < -0.39 is 0 Å². The summed E-state index contributed by atoms with van der Waals surface area (Å²) in [6, 6.07) is 2.84. The lowest BCUT2D eigenvalue weighted by atomic mass is 10.2. The summed E-state index contributed by atoms with van der Waals surface area (Å²) in [6.45, 7) is 6.08.